The first-order valence-electron chi connectivity index (χ1n) is 8.22. The minimum atomic E-state index is -0.596. The zero-order chi connectivity index (χ0) is 19.8. The minimum absolute atomic E-state index is 0.376. The van der Waals surface area contributed by atoms with Crippen molar-refractivity contribution in [1.82, 2.24) is 0 Å². The molecule has 0 bridgehead atoms. The van der Waals surface area contributed by atoms with E-state index in [0.717, 1.165) is 25.8 Å². The molecular formula is C20H19Br2NO4. The number of anilines is 1. The van der Waals surface area contributed by atoms with E-state index in [4.69, 9.17) is 9.47 Å². The number of aryl methyl sites for hydroxylation is 1. The molecule has 0 heterocycles. The molecule has 0 aromatic heterocycles. The smallest absolute Gasteiger partial charge is 0.331 e. The monoisotopic (exact) mass is 495 g/mol. The van der Waals surface area contributed by atoms with Crippen molar-refractivity contribution in [3.63, 3.8) is 0 Å². The maximum atomic E-state index is 12.0. The van der Waals surface area contributed by atoms with Gasteiger partial charge in [-0.2, -0.15) is 0 Å². The lowest BCUT2D eigenvalue weighted by Crippen LogP contribution is -2.20. The summed E-state index contributed by atoms with van der Waals surface area (Å²) in [4.78, 5) is 23.8. The van der Waals surface area contributed by atoms with Gasteiger partial charge in [0.15, 0.2) is 6.61 Å². The fourth-order valence-electron chi connectivity index (χ4n) is 2.19. The lowest BCUT2D eigenvalue weighted by Gasteiger charge is -2.10. The SMILES string of the molecule is CCOc1ccc(/C=C/C(=O)OCC(=O)Nc2c(Br)cc(C)cc2Br)cc1. The number of nitrogens with one attached hydrogen (secondary N) is 1. The summed E-state index contributed by atoms with van der Waals surface area (Å²) < 4.78 is 11.8. The zero-order valence-electron chi connectivity index (χ0n) is 14.9. The van der Waals surface area contributed by atoms with Crippen LogP contribution in [-0.4, -0.2) is 25.1 Å². The standard InChI is InChI=1S/C20H19Br2NO4/c1-3-26-15-7-4-14(5-8-15)6-9-19(25)27-12-18(24)23-20-16(21)10-13(2)11-17(20)22/h4-11H,3,12H2,1-2H3,(H,23,24)/b9-6+. The van der Waals surface area contributed by atoms with Crippen molar-refractivity contribution in [2.24, 2.45) is 0 Å². The second kappa shape index (κ2) is 10.3. The van der Waals surface area contributed by atoms with Crippen LogP contribution in [0.25, 0.3) is 6.08 Å². The van der Waals surface area contributed by atoms with Gasteiger partial charge in [0, 0.05) is 15.0 Å². The van der Waals surface area contributed by atoms with Gasteiger partial charge in [0.1, 0.15) is 5.75 Å². The molecule has 7 heteroatoms. The number of esters is 1. The van der Waals surface area contributed by atoms with Crippen molar-refractivity contribution in [1.29, 1.82) is 0 Å². The summed E-state index contributed by atoms with van der Waals surface area (Å²) in [7, 11) is 0. The predicted molar refractivity (Wildman–Crippen MR) is 113 cm³/mol. The van der Waals surface area contributed by atoms with Crippen molar-refractivity contribution in [3.05, 3.63) is 62.5 Å². The van der Waals surface area contributed by atoms with Gasteiger partial charge in [-0.3, -0.25) is 4.79 Å². The van der Waals surface area contributed by atoms with Crippen LogP contribution in [0.1, 0.15) is 18.1 Å². The van der Waals surface area contributed by atoms with Gasteiger partial charge in [-0.25, -0.2) is 4.79 Å². The van der Waals surface area contributed by atoms with E-state index in [9.17, 15) is 9.59 Å². The molecule has 0 aliphatic carbocycles. The summed E-state index contributed by atoms with van der Waals surface area (Å²) in [5.74, 6) is -0.258. The molecule has 0 unspecified atom stereocenters. The molecule has 1 N–H and O–H groups in total. The summed E-state index contributed by atoms with van der Waals surface area (Å²) in [6.07, 6.45) is 2.89. The van der Waals surface area contributed by atoms with E-state index in [-0.39, 0.29) is 6.61 Å². The van der Waals surface area contributed by atoms with E-state index in [1.807, 2.05) is 50.2 Å². The van der Waals surface area contributed by atoms with Gasteiger partial charge in [-0.1, -0.05) is 12.1 Å². The Balaban J connectivity index is 1.85. The predicted octanol–water partition coefficient (Wildman–Crippen LogP) is 5.11. The normalized spacial score (nSPS) is 10.7. The van der Waals surface area contributed by atoms with E-state index in [1.165, 1.54) is 6.08 Å². The number of halogens is 2. The Bertz CT molecular complexity index is 825. The number of benzene rings is 2. The lowest BCUT2D eigenvalue weighted by molar-refractivity contribution is -0.142. The second-order valence-corrected chi connectivity index (χ2v) is 7.30. The molecule has 142 valence electrons. The molecule has 0 fully saturated rings. The molecule has 2 rings (SSSR count). The highest BCUT2D eigenvalue weighted by Crippen LogP contribution is 2.32. The molecule has 0 spiro atoms. The molecule has 0 radical (unpaired) electrons. The van der Waals surface area contributed by atoms with Gasteiger partial charge in [0.05, 0.1) is 12.3 Å². The van der Waals surface area contributed by atoms with Gasteiger partial charge >= 0.3 is 5.97 Å². The van der Waals surface area contributed by atoms with Crippen LogP contribution in [0.4, 0.5) is 5.69 Å². The van der Waals surface area contributed by atoms with Crippen molar-refractivity contribution in [2.75, 3.05) is 18.5 Å². The van der Waals surface area contributed by atoms with E-state index >= 15 is 0 Å². The zero-order valence-corrected chi connectivity index (χ0v) is 18.1. The number of ether oxygens (including phenoxy) is 2. The topological polar surface area (TPSA) is 64.6 Å². The van der Waals surface area contributed by atoms with E-state index in [0.29, 0.717) is 12.3 Å². The van der Waals surface area contributed by atoms with Crippen LogP contribution in [0.15, 0.2) is 51.4 Å². The molecule has 0 saturated heterocycles. The number of rotatable bonds is 7. The minimum Gasteiger partial charge on any atom is -0.494 e. The second-order valence-electron chi connectivity index (χ2n) is 5.59. The highest BCUT2D eigenvalue weighted by molar-refractivity contribution is 9.11. The van der Waals surface area contributed by atoms with Gasteiger partial charge < -0.3 is 14.8 Å². The third kappa shape index (κ3) is 6.84. The molecular weight excluding hydrogens is 478 g/mol. The summed E-state index contributed by atoms with van der Waals surface area (Å²) in [6.45, 7) is 4.08. The Morgan fingerprint density at radius 2 is 1.74 bits per heavy atom. The highest BCUT2D eigenvalue weighted by atomic mass is 79.9. The summed E-state index contributed by atoms with van der Waals surface area (Å²) in [5.41, 5.74) is 2.46. The fourth-order valence-corrected chi connectivity index (χ4v) is 3.80. The first-order chi connectivity index (χ1) is 12.9. The van der Waals surface area contributed by atoms with Crippen molar-refractivity contribution in [2.45, 2.75) is 13.8 Å². The third-order valence-corrected chi connectivity index (χ3v) is 4.65. The number of carbonyl (C=O) groups excluding carboxylic acids is 2. The van der Waals surface area contributed by atoms with Crippen LogP contribution >= 0.6 is 31.9 Å². The molecule has 0 aliphatic heterocycles. The van der Waals surface area contributed by atoms with Crippen LogP contribution in [0, 0.1) is 6.92 Å². The average Bonchev–Trinajstić information content (AvgIpc) is 2.62. The van der Waals surface area contributed by atoms with Crippen LogP contribution in [0.5, 0.6) is 5.75 Å². The van der Waals surface area contributed by atoms with Gasteiger partial charge in [-0.15, -0.1) is 0 Å². The number of hydrogen-bond donors (Lipinski definition) is 1. The first kappa shape index (κ1) is 21.2. The first-order valence-corrected chi connectivity index (χ1v) is 9.81. The van der Waals surface area contributed by atoms with Crippen LogP contribution in [0.2, 0.25) is 0 Å². The highest BCUT2D eigenvalue weighted by Gasteiger charge is 2.11. The molecule has 1 amide bonds. The van der Waals surface area contributed by atoms with Gasteiger partial charge in [0.25, 0.3) is 5.91 Å². The Morgan fingerprint density at radius 3 is 2.33 bits per heavy atom. The number of carbonyl (C=O) groups is 2. The average molecular weight is 497 g/mol. The molecule has 27 heavy (non-hydrogen) atoms. The third-order valence-electron chi connectivity index (χ3n) is 3.40. The number of amides is 1. The number of hydrogen-bond acceptors (Lipinski definition) is 4. The molecule has 5 nitrogen and oxygen atoms in total. The van der Waals surface area contributed by atoms with Gasteiger partial charge in [0.2, 0.25) is 0 Å². The Kier molecular flexibility index (Phi) is 8.06. The van der Waals surface area contributed by atoms with Gasteiger partial charge in [-0.05, 0) is 87.2 Å². The fraction of sp³-hybridized carbons (Fsp3) is 0.200. The van der Waals surface area contributed by atoms with E-state index in [2.05, 4.69) is 37.2 Å². The maximum absolute atomic E-state index is 12.0. The lowest BCUT2D eigenvalue weighted by atomic mass is 10.2. The summed E-state index contributed by atoms with van der Waals surface area (Å²) in [6, 6.07) is 11.1. The Labute approximate surface area is 175 Å². The maximum Gasteiger partial charge on any atom is 0.331 e. The van der Waals surface area contributed by atoms with E-state index < -0.39 is 11.9 Å². The molecule has 0 saturated carbocycles. The van der Waals surface area contributed by atoms with Crippen molar-refractivity contribution < 1.29 is 19.1 Å². The van der Waals surface area contributed by atoms with Crippen LogP contribution < -0.4 is 10.1 Å². The quantitative estimate of drug-likeness (QED) is 0.427. The van der Waals surface area contributed by atoms with Crippen LogP contribution in [-0.2, 0) is 14.3 Å². The molecule has 0 atom stereocenters. The Morgan fingerprint density at radius 1 is 1.11 bits per heavy atom. The summed E-state index contributed by atoms with van der Waals surface area (Å²) in [5, 5.41) is 2.71. The van der Waals surface area contributed by atoms with Crippen molar-refractivity contribution >= 4 is 55.5 Å². The summed E-state index contributed by atoms with van der Waals surface area (Å²) >= 11 is 6.80. The van der Waals surface area contributed by atoms with Crippen LogP contribution in [0.3, 0.4) is 0 Å². The van der Waals surface area contributed by atoms with E-state index in [1.54, 1.807) is 6.08 Å². The van der Waals surface area contributed by atoms with Crippen molar-refractivity contribution in [3.8, 4) is 5.75 Å². The largest absolute Gasteiger partial charge is 0.494 e. The molecule has 0 aliphatic rings. The molecule has 2 aromatic carbocycles. The molecule has 2 aromatic rings. The Hall–Kier alpha value is -2.12.